The van der Waals surface area contributed by atoms with E-state index in [4.69, 9.17) is 0 Å². The first-order valence-corrected chi connectivity index (χ1v) is 7.37. The SMILES string of the molecule is CCC=CC1(C)C(C)=[N+](C)c2c1ccc1ccccc21. The highest BCUT2D eigenvalue weighted by Crippen LogP contribution is 2.44. The fraction of sp³-hybridized carbons (Fsp3) is 0.316. The van der Waals surface area contributed by atoms with Crippen LogP contribution >= 0.6 is 0 Å². The Morgan fingerprint density at radius 1 is 1.15 bits per heavy atom. The Morgan fingerprint density at radius 2 is 1.90 bits per heavy atom. The molecule has 0 radical (unpaired) electrons. The molecule has 2 aromatic carbocycles. The van der Waals surface area contributed by atoms with Gasteiger partial charge in [0.25, 0.3) is 0 Å². The van der Waals surface area contributed by atoms with Crippen LogP contribution in [-0.2, 0) is 5.41 Å². The van der Waals surface area contributed by atoms with E-state index in [9.17, 15) is 0 Å². The van der Waals surface area contributed by atoms with Gasteiger partial charge in [-0.05, 0) is 24.8 Å². The fourth-order valence-electron chi connectivity index (χ4n) is 3.31. The van der Waals surface area contributed by atoms with Crippen molar-refractivity contribution in [2.75, 3.05) is 7.05 Å². The number of nitrogens with zero attached hydrogens (tertiary/aromatic N) is 1. The molecule has 1 heteroatoms. The summed E-state index contributed by atoms with van der Waals surface area (Å²) in [5.74, 6) is 0. The highest BCUT2D eigenvalue weighted by Gasteiger charge is 2.44. The average molecular weight is 264 g/mol. The van der Waals surface area contributed by atoms with Gasteiger partial charge < -0.3 is 0 Å². The van der Waals surface area contributed by atoms with Crippen LogP contribution in [-0.4, -0.2) is 17.3 Å². The summed E-state index contributed by atoms with van der Waals surface area (Å²) in [5, 5.41) is 2.66. The zero-order valence-electron chi connectivity index (χ0n) is 12.8. The molecule has 0 N–H and O–H groups in total. The van der Waals surface area contributed by atoms with Crippen LogP contribution in [0.25, 0.3) is 10.8 Å². The number of fused-ring (bicyclic) bond motifs is 3. The highest BCUT2D eigenvalue weighted by atomic mass is 15.0. The lowest BCUT2D eigenvalue weighted by atomic mass is 9.79. The van der Waals surface area contributed by atoms with Crippen LogP contribution < -0.4 is 0 Å². The number of benzene rings is 2. The second kappa shape index (κ2) is 4.59. The van der Waals surface area contributed by atoms with Crippen molar-refractivity contribution in [2.24, 2.45) is 0 Å². The number of hydrogen-bond acceptors (Lipinski definition) is 0. The lowest BCUT2D eigenvalue weighted by molar-refractivity contribution is -0.401. The van der Waals surface area contributed by atoms with E-state index in [1.165, 1.54) is 27.7 Å². The summed E-state index contributed by atoms with van der Waals surface area (Å²) < 4.78 is 2.36. The third-order valence-corrected chi connectivity index (χ3v) is 4.74. The van der Waals surface area contributed by atoms with Gasteiger partial charge in [0, 0.05) is 12.5 Å². The van der Waals surface area contributed by atoms with Crippen LogP contribution in [0.2, 0.25) is 0 Å². The van der Waals surface area contributed by atoms with Gasteiger partial charge in [0.05, 0.1) is 10.8 Å². The quantitative estimate of drug-likeness (QED) is 0.541. The van der Waals surface area contributed by atoms with Gasteiger partial charge in [-0.2, -0.15) is 0 Å². The normalized spacial score (nSPS) is 22.0. The third kappa shape index (κ3) is 1.66. The molecule has 1 unspecified atom stereocenters. The third-order valence-electron chi connectivity index (χ3n) is 4.74. The minimum absolute atomic E-state index is 0.0180. The van der Waals surface area contributed by atoms with Crippen molar-refractivity contribution in [1.29, 1.82) is 0 Å². The minimum atomic E-state index is 0.0180. The summed E-state index contributed by atoms with van der Waals surface area (Å²) in [4.78, 5) is 0. The van der Waals surface area contributed by atoms with Crippen molar-refractivity contribution in [3.05, 3.63) is 54.1 Å². The van der Waals surface area contributed by atoms with Crippen LogP contribution in [0.1, 0.15) is 32.8 Å². The first kappa shape index (κ1) is 13.1. The summed E-state index contributed by atoms with van der Waals surface area (Å²) in [6.45, 7) is 6.76. The molecule has 0 bridgehead atoms. The van der Waals surface area contributed by atoms with E-state index < -0.39 is 0 Å². The maximum absolute atomic E-state index is 2.36. The standard InChI is InChI=1S/C19H22N/c1-5-6-13-19(3)14(2)20(4)18-16-10-8-7-9-15(16)11-12-17(18)19/h6-13H,5H2,1-4H3/q+1. The van der Waals surface area contributed by atoms with Crippen LogP contribution in [0.3, 0.4) is 0 Å². The lowest BCUT2D eigenvalue weighted by Gasteiger charge is -2.17. The van der Waals surface area contributed by atoms with Crippen LogP contribution in [0.5, 0.6) is 0 Å². The Morgan fingerprint density at radius 3 is 2.65 bits per heavy atom. The van der Waals surface area contributed by atoms with E-state index in [1.807, 2.05) is 0 Å². The Bertz CT molecular complexity index is 737. The van der Waals surface area contributed by atoms with Crippen LogP contribution in [0.15, 0.2) is 48.6 Å². The van der Waals surface area contributed by atoms with E-state index in [1.54, 1.807) is 0 Å². The number of allylic oxidation sites excluding steroid dienone is 2. The molecular formula is C19H22N+. The molecule has 0 amide bonds. The maximum atomic E-state index is 2.36. The van der Waals surface area contributed by atoms with E-state index in [-0.39, 0.29) is 5.41 Å². The summed E-state index contributed by atoms with van der Waals surface area (Å²) in [7, 11) is 2.19. The van der Waals surface area contributed by atoms with Crippen molar-refractivity contribution in [1.82, 2.24) is 0 Å². The molecule has 20 heavy (non-hydrogen) atoms. The van der Waals surface area contributed by atoms with Crippen LogP contribution in [0.4, 0.5) is 5.69 Å². The predicted molar refractivity (Wildman–Crippen MR) is 87.3 cm³/mol. The Hall–Kier alpha value is -1.89. The molecule has 1 aliphatic rings. The molecule has 2 aromatic rings. The predicted octanol–water partition coefficient (Wildman–Crippen LogP) is 4.81. The van der Waals surface area contributed by atoms with Gasteiger partial charge in [-0.25, -0.2) is 4.58 Å². The maximum Gasteiger partial charge on any atom is 0.217 e. The van der Waals surface area contributed by atoms with Gasteiger partial charge in [0.1, 0.15) is 7.05 Å². The summed E-state index contributed by atoms with van der Waals surface area (Å²) in [6, 6.07) is 13.2. The second-order valence-electron chi connectivity index (χ2n) is 5.84. The van der Waals surface area contributed by atoms with Crippen molar-refractivity contribution in [2.45, 2.75) is 32.6 Å². The largest absolute Gasteiger partial charge is 0.217 e. The molecule has 0 aliphatic carbocycles. The van der Waals surface area contributed by atoms with E-state index in [0.717, 1.165) is 6.42 Å². The van der Waals surface area contributed by atoms with Crippen molar-refractivity contribution < 1.29 is 4.58 Å². The van der Waals surface area contributed by atoms with Gasteiger partial charge in [-0.15, -0.1) is 0 Å². The van der Waals surface area contributed by atoms with Crippen LogP contribution in [0, 0.1) is 0 Å². The monoisotopic (exact) mass is 264 g/mol. The van der Waals surface area contributed by atoms with Crippen molar-refractivity contribution in [3.8, 4) is 0 Å². The Balaban J connectivity index is 2.35. The number of hydrogen-bond donors (Lipinski definition) is 0. The van der Waals surface area contributed by atoms with Gasteiger partial charge in [-0.3, -0.25) is 0 Å². The molecule has 0 spiro atoms. The molecule has 1 aliphatic heterocycles. The molecule has 0 saturated carbocycles. The topological polar surface area (TPSA) is 3.01 Å². The zero-order chi connectivity index (χ0) is 14.3. The molecule has 1 atom stereocenters. The van der Waals surface area contributed by atoms with Crippen molar-refractivity contribution >= 4 is 22.2 Å². The molecule has 3 rings (SSSR count). The molecule has 102 valence electrons. The highest BCUT2D eigenvalue weighted by molar-refractivity contribution is 6.02. The first-order valence-electron chi connectivity index (χ1n) is 7.37. The Kier molecular flexibility index (Phi) is 3.01. The van der Waals surface area contributed by atoms with Crippen molar-refractivity contribution in [3.63, 3.8) is 0 Å². The second-order valence-corrected chi connectivity index (χ2v) is 5.84. The molecule has 0 saturated heterocycles. The summed E-state index contributed by atoms with van der Waals surface area (Å²) in [5.41, 5.74) is 4.20. The summed E-state index contributed by atoms with van der Waals surface area (Å²) in [6.07, 6.45) is 5.72. The zero-order valence-corrected chi connectivity index (χ0v) is 12.8. The van der Waals surface area contributed by atoms with Gasteiger partial charge in [0.2, 0.25) is 5.69 Å². The first-order chi connectivity index (χ1) is 9.59. The molecule has 0 fully saturated rings. The lowest BCUT2D eigenvalue weighted by Crippen LogP contribution is -2.27. The van der Waals surface area contributed by atoms with E-state index in [0.29, 0.717) is 0 Å². The summed E-state index contributed by atoms with van der Waals surface area (Å²) >= 11 is 0. The number of rotatable bonds is 2. The molecule has 0 aromatic heterocycles. The van der Waals surface area contributed by atoms with E-state index in [2.05, 4.69) is 80.9 Å². The van der Waals surface area contributed by atoms with Gasteiger partial charge in [-0.1, -0.05) is 49.4 Å². The van der Waals surface area contributed by atoms with E-state index >= 15 is 0 Å². The van der Waals surface area contributed by atoms with Gasteiger partial charge in [0.15, 0.2) is 5.71 Å². The molecular weight excluding hydrogens is 242 g/mol. The Labute approximate surface area is 121 Å². The molecule has 1 heterocycles. The fourth-order valence-corrected chi connectivity index (χ4v) is 3.31. The molecule has 1 nitrogen and oxygen atoms in total. The smallest absolute Gasteiger partial charge is 0.201 e. The minimum Gasteiger partial charge on any atom is -0.201 e. The average Bonchev–Trinajstić information content (AvgIpc) is 2.68. The van der Waals surface area contributed by atoms with Gasteiger partial charge >= 0.3 is 0 Å².